The third-order valence-corrected chi connectivity index (χ3v) is 5.90. The van der Waals surface area contributed by atoms with Gasteiger partial charge in [-0.15, -0.1) is 0 Å². The minimum Gasteiger partial charge on any atom is -0.493 e. The van der Waals surface area contributed by atoms with E-state index in [0.717, 1.165) is 16.8 Å². The lowest BCUT2D eigenvalue weighted by atomic mass is 9.73. The monoisotopic (exact) mass is 407 g/mol. The molecule has 0 aromatic heterocycles. The number of allylic oxidation sites excluding steroid dienone is 2. The van der Waals surface area contributed by atoms with Gasteiger partial charge in [0.2, 0.25) is 11.7 Å². The fourth-order valence-corrected chi connectivity index (χ4v) is 4.51. The Kier molecular flexibility index (Phi) is 5.48. The van der Waals surface area contributed by atoms with Crippen LogP contribution in [0.15, 0.2) is 53.7 Å². The first-order chi connectivity index (χ1) is 14.5. The fourth-order valence-electron chi connectivity index (χ4n) is 4.51. The van der Waals surface area contributed by atoms with Gasteiger partial charge in [-0.3, -0.25) is 9.59 Å². The second-order valence-corrected chi connectivity index (χ2v) is 7.59. The summed E-state index contributed by atoms with van der Waals surface area (Å²) in [4.78, 5) is 25.8. The molecule has 1 aliphatic carbocycles. The normalized spacial score (nSPS) is 21.0. The molecule has 0 unspecified atom stereocenters. The van der Waals surface area contributed by atoms with Crippen LogP contribution in [0.5, 0.6) is 17.2 Å². The Balaban J connectivity index is 1.77. The van der Waals surface area contributed by atoms with Gasteiger partial charge in [0, 0.05) is 30.0 Å². The van der Waals surface area contributed by atoms with E-state index in [1.807, 2.05) is 42.5 Å². The van der Waals surface area contributed by atoms with Crippen molar-refractivity contribution in [1.82, 2.24) is 5.32 Å². The van der Waals surface area contributed by atoms with E-state index in [0.29, 0.717) is 35.7 Å². The van der Waals surface area contributed by atoms with Crippen molar-refractivity contribution < 1.29 is 23.8 Å². The quantitative estimate of drug-likeness (QED) is 0.818. The van der Waals surface area contributed by atoms with Gasteiger partial charge in [-0.1, -0.05) is 30.3 Å². The van der Waals surface area contributed by atoms with Crippen LogP contribution >= 0.6 is 0 Å². The van der Waals surface area contributed by atoms with E-state index < -0.39 is 0 Å². The van der Waals surface area contributed by atoms with Crippen molar-refractivity contribution in [3.63, 3.8) is 0 Å². The van der Waals surface area contributed by atoms with Gasteiger partial charge >= 0.3 is 0 Å². The maximum Gasteiger partial charge on any atom is 0.225 e. The molecule has 1 heterocycles. The summed E-state index contributed by atoms with van der Waals surface area (Å²) in [7, 11) is 4.65. The van der Waals surface area contributed by atoms with Crippen LogP contribution in [-0.2, 0) is 9.59 Å². The number of benzene rings is 2. The molecule has 0 saturated carbocycles. The molecule has 1 N–H and O–H groups in total. The molecule has 2 aromatic carbocycles. The molecule has 6 heteroatoms. The van der Waals surface area contributed by atoms with Crippen molar-refractivity contribution >= 4 is 11.7 Å². The smallest absolute Gasteiger partial charge is 0.225 e. The Hall–Kier alpha value is -3.28. The molecule has 1 aliphatic heterocycles. The van der Waals surface area contributed by atoms with Crippen molar-refractivity contribution in [3.8, 4) is 17.2 Å². The Morgan fingerprint density at radius 2 is 1.50 bits per heavy atom. The van der Waals surface area contributed by atoms with Crippen molar-refractivity contribution in [1.29, 1.82) is 0 Å². The molecule has 2 aromatic rings. The van der Waals surface area contributed by atoms with E-state index in [1.54, 1.807) is 21.3 Å². The van der Waals surface area contributed by atoms with E-state index in [9.17, 15) is 9.59 Å². The molecule has 30 heavy (non-hydrogen) atoms. The van der Waals surface area contributed by atoms with Crippen molar-refractivity contribution in [2.75, 3.05) is 21.3 Å². The largest absolute Gasteiger partial charge is 0.493 e. The van der Waals surface area contributed by atoms with Gasteiger partial charge in [0.1, 0.15) is 0 Å². The van der Waals surface area contributed by atoms with E-state index in [-0.39, 0.29) is 29.9 Å². The molecule has 4 rings (SSSR count). The van der Waals surface area contributed by atoms with Crippen LogP contribution in [0.3, 0.4) is 0 Å². The summed E-state index contributed by atoms with van der Waals surface area (Å²) in [5.41, 5.74) is 3.34. The highest BCUT2D eigenvalue weighted by atomic mass is 16.5. The van der Waals surface area contributed by atoms with Gasteiger partial charge < -0.3 is 19.5 Å². The zero-order valence-corrected chi connectivity index (χ0v) is 17.4. The molecule has 2 atom stereocenters. The first-order valence-electron chi connectivity index (χ1n) is 9.96. The van der Waals surface area contributed by atoms with Gasteiger partial charge in [0.15, 0.2) is 17.3 Å². The molecule has 0 fully saturated rings. The summed E-state index contributed by atoms with van der Waals surface area (Å²) >= 11 is 0. The number of ether oxygens (including phenoxy) is 3. The van der Waals surface area contributed by atoms with Crippen LogP contribution in [0.1, 0.15) is 42.2 Å². The van der Waals surface area contributed by atoms with E-state index in [4.69, 9.17) is 14.2 Å². The minimum absolute atomic E-state index is 0.0661. The number of rotatable bonds is 5. The summed E-state index contributed by atoms with van der Waals surface area (Å²) in [5, 5.41) is 2.96. The molecule has 0 spiro atoms. The third kappa shape index (κ3) is 3.54. The Bertz CT molecular complexity index is 987. The van der Waals surface area contributed by atoms with E-state index >= 15 is 0 Å². The number of Topliss-reactive ketones (excluding diaryl/α,β-unsaturated/α-hetero) is 1. The van der Waals surface area contributed by atoms with Crippen LogP contribution in [0.2, 0.25) is 0 Å². The lowest BCUT2D eigenvalue weighted by Gasteiger charge is -2.34. The zero-order valence-electron chi connectivity index (χ0n) is 17.4. The highest BCUT2D eigenvalue weighted by Crippen LogP contribution is 2.46. The number of ketones is 1. The van der Waals surface area contributed by atoms with Gasteiger partial charge in [0.25, 0.3) is 0 Å². The summed E-state index contributed by atoms with van der Waals surface area (Å²) in [6.45, 7) is 0. The third-order valence-electron chi connectivity index (χ3n) is 5.90. The van der Waals surface area contributed by atoms with Crippen LogP contribution in [0.25, 0.3) is 0 Å². The highest BCUT2D eigenvalue weighted by Gasteiger charge is 2.38. The molecule has 1 amide bonds. The van der Waals surface area contributed by atoms with Crippen molar-refractivity contribution in [2.24, 2.45) is 0 Å². The number of hydrogen-bond donors (Lipinski definition) is 1. The van der Waals surface area contributed by atoms with Crippen LogP contribution in [0.4, 0.5) is 0 Å². The van der Waals surface area contributed by atoms with Gasteiger partial charge in [-0.2, -0.15) is 0 Å². The number of amides is 1. The highest BCUT2D eigenvalue weighted by molar-refractivity contribution is 6.02. The van der Waals surface area contributed by atoms with Crippen molar-refractivity contribution in [2.45, 2.75) is 31.1 Å². The SMILES string of the molecule is COc1cc([C@@H]2CC(=O)NC3=C2C(=O)C[C@H](c2ccccc2)C3)cc(OC)c1OC. The number of hydrogen-bond acceptors (Lipinski definition) is 5. The molecular formula is C24H25NO5. The predicted molar refractivity (Wildman–Crippen MR) is 112 cm³/mol. The fraction of sp³-hybridized carbons (Fsp3) is 0.333. The number of carbonyl (C=O) groups excluding carboxylic acids is 2. The minimum atomic E-state index is -0.341. The van der Waals surface area contributed by atoms with Crippen molar-refractivity contribution in [3.05, 3.63) is 64.9 Å². The second kappa shape index (κ2) is 8.22. The predicted octanol–water partition coefficient (Wildman–Crippen LogP) is 3.72. The molecule has 0 saturated heterocycles. The standard InChI is InChI=1S/C24H25NO5/c1-28-20-11-16(12-21(29-2)24(20)30-3)17-13-22(27)25-18-9-15(10-19(26)23(17)18)14-7-5-4-6-8-14/h4-8,11-12,15,17H,9-10,13H2,1-3H3,(H,25,27)/t15-,17+/m1/s1. The van der Waals surface area contributed by atoms with Crippen LogP contribution in [0, 0.1) is 0 Å². The Morgan fingerprint density at radius 3 is 2.10 bits per heavy atom. The zero-order chi connectivity index (χ0) is 21.3. The number of carbonyl (C=O) groups is 2. The first kappa shape index (κ1) is 20.0. The van der Waals surface area contributed by atoms with Crippen LogP contribution in [-0.4, -0.2) is 33.0 Å². The van der Waals surface area contributed by atoms with E-state index in [1.165, 1.54) is 0 Å². The topological polar surface area (TPSA) is 73.9 Å². The number of nitrogens with one attached hydrogen (secondary N) is 1. The summed E-state index contributed by atoms with van der Waals surface area (Å²) in [5.74, 6) is 1.20. The molecule has 2 aliphatic rings. The van der Waals surface area contributed by atoms with Gasteiger partial charge in [-0.25, -0.2) is 0 Å². The maximum atomic E-state index is 13.2. The second-order valence-electron chi connectivity index (χ2n) is 7.59. The summed E-state index contributed by atoms with van der Waals surface area (Å²) < 4.78 is 16.3. The molecule has 6 nitrogen and oxygen atoms in total. The molecule has 0 radical (unpaired) electrons. The van der Waals surface area contributed by atoms with E-state index in [2.05, 4.69) is 5.32 Å². The summed E-state index contributed by atoms with van der Waals surface area (Å²) in [6, 6.07) is 13.6. The summed E-state index contributed by atoms with van der Waals surface area (Å²) in [6.07, 6.45) is 1.27. The maximum absolute atomic E-state index is 13.2. The molecule has 156 valence electrons. The average Bonchev–Trinajstić information content (AvgIpc) is 2.77. The molecular weight excluding hydrogens is 382 g/mol. The lowest BCUT2D eigenvalue weighted by Crippen LogP contribution is -2.38. The lowest BCUT2D eigenvalue weighted by molar-refractivity contribution is -0.122. The van der Waals surface area contributed by atoms with Gasteiger partial charge in [-0.05, 0) is 35.6 Å². The molecule has 0 bridgehead atoms. The van der Waals surface area contributed by atoms with Crippen LogP contribution < -0.4 is 19.5 Å². The average molecular weight is 407 g/mol. The Labute approximate surface area is 175 Å². The Morgan fingerprint density at radius 1 is 0.833 bits per heavy atom. The first-order valence-corrected chi connectivity index (χ1v) is 9.96. The number of methoxy groups -OCH3 is 3. The van der Waals surface area contributed by atoms with Gasteiger partial charge in [0.05, 0.1) is 21.3 Å².